The van der Waals surface area contributed by atoms with Crippen LogP contribution in [0.5, 0.6) is 0 Å². The van der Waals surface area contributed by atoms with Crippen molar-refractivity contribution in [3.63, 3.8) is 0 Å². The summed E-state index contributed by atoms with van der Waals surface area (Å²) in [6, 6.07) is 14.2. The van der Waals surface area contributed by atoms with E-state index in [1.54, 1.807) is 12.1 Å². The quantitative estimate of drug-likeness (QED) is 0.838. The van der Waals surface area contributed by atoms with Gasteiger partial charge in [0.25, 0.3) is 0 Å². The lowest BCUT2D eigenvalue weighted by atomic mass is 10.0. The first kappa shape index (κ1) is 18.4. The molecule has 138 valence electrons. The van der Waals surface area contributed by atoms with Gasteiger partial charge in [-0.25, -0.2) is 13.6 Å². The van der Waals surface area contributed by atoms with Crippen LogP contribution in [0.1, 0.15) is 30.5 Å². The molecule has 3 rings (SSSR count). The molecule has 1 atom stereocenters. The van der Waals surface area contributed by atoms with Gasteiger partial charge >= 0.3 is 0 Å². The maximum atomic E-state index is 12.5. The molecule has 3 N–H and O–H groups in total. The molecule has 6 nitrogen and oxygen atoms in total. The fourth-order valence-corrected chi connectivity index (χ4v) is 3.78. The summed E-state index contributed by atoms with van der Waals surface area (Å²) in [7, 11) is -3.71. The van der Waals surface area contributed by atoms with Crippen LogP contribution >= 0.6 is 0 Å². The maximum Gasteiger partial charge on any atom is 0.239 e. The van der Waals surface area contributed by atoms with Gasteiger partial charge in [0.1, 0.15) is 0 Å². The number of amides is 1. The number of para-hydroxylation sites is 1. The number of hydrogen-bond acceptors (Lipinski definition) is 4. The normalized spacial score (nSPS) is 15.2. The van der Waals surface area contributed by atoms with Crippen LogP contribution in [-0.2, 0) is 21.2 Å². The zero-order valence-corrected chi connectivity index (χ0v) is 15.5. The first-order valence-electron chi connectivity index (χ1n) is 8.59. The molecule has 0 spiro atoms. The van der Waals surface area contributed by atoms with E-state index in [1.807, 2.05) is 19.1 Å². The number of rotatable bonds is 5. The van der Waals surface area contributed by atoms with Gasteiger partial charge in [-0.05, 0) is 49.1 Å². The van der Waals surface area contributed by atoms with Crippen LogP contribution in [0.25, 0.3) is 0 Å². The zero-order valence-electron chi connectivity index (χ0n) is 14.7. The second-order valence-electron chi connectivity index (χ2n) is 6.56. The van der Waals surface area contributed by atoms with Gasteiger partial charge in [0.15, 0.2) is 0 Å². The van der Waals surface area contributed by atoms with Crippen molar-refractivity contribution in [1.29, 1.82) is 0 Å². The van der Waals surface area contributed by atoms with Gasteiger partial charge in [-0.2, -0.15) is 0 Å². The fourth-order valence-electron chi connectivity index (χ4n) is 3.27. The highest BCUT2D eigenvalue weighted by atomic mass is 32.2. The molecule has 2 aromatic carbocycles. The van der Waals surface area contributed by atoms with Crippen molar-refractivity contribution < 1.29 is 13.2 Å². The predicted octanol–water partition coefficient (Wildman–Crippen LogP) is 1.96. The number of hydrogen-bond donors (Lipinski definition) is 2. The fraction of sp³-hybridized carbons (Fsp3) is 0.316. The third-order valence-electron chi connectivity index (χ3n) is 4.63. The molecule has 1 aliphatic rings. The number of carbonyl (C=O) groups is 1. The number of anilines is 1. The highest BCUT2D eigenvalue weighted by Crippen LogP contribution is 2.26. The minimum Gasteiger partial charge on any atom is -0.362 e. The molecule has 0 aromatic heterocycles. The van der Waals surface area contributed by atoms with Gasteiger partial charge in [-0.3, -0.25) is 4.79 Å². The van der Waals surface area contributed by atoms with E-state index in [9.17, 15) is 13.2 Å². The lowest BCUT2D eigenvalue weighted by Crippen LogP contribution is -2.40. The first-order valence-corrected chi connectivity index (χ1v) is 10.1. The molecule has 0 radical (unpaired) electrons. The van der Waals surface area contributed by atoms with Crippen molar-refractivity contribution in [2.24, 2.45) is 5.14 Å². The molecule has 1 amide bonds. The summed E-state index contributed by atoms with van der Waals surface area (Å²) in [6.07, 6.45) is 2.08. The Morgan fingerprint density at radius 1 is 1.19 bits per heavy atom. The Balaban J connectivity index is 1.63. The Kier molecular flexibility index (Phi) is 5.29. The SMILES string of the molecule is C[C@@H](NC(=O)CN1CCCc2ccccc21)c1ccc(S(N)(=O)=O)cc1. The average molecular weight is 373 g/mol. The molecule has 0 aliphatic carbocycles. The minimum atomic E-state index is -3.71. The number of nitrogens with two attached hydrogens (primary N) is 1. The first-order chi connectivity index (χ1) is 12.3. The number of nitrogens with one attached hydrogen (secondary N) is 1. The smallest absolute Gasteiger partial charge is 0.239 e. The van der Waals surface area contributed by atoms with E-state index in [2.05, 4.69) is 22.3 Å². The number of benzene rings is 2. The Bertz CT molecular complexity index is 895. The molecule has 1 aliphatic heterocycles. The van der Waals surface area contributed by atoms with Gasteiger partial charge in [0.2, 0.25) is 15.9 Å². The lowest BCUT2D eigenvalue weighted by molar-refractivity contribution is -0.120. The number of fused-ring (bicyclic) bond motifs is 1. The van der Waals surface area contributed by atoms with Crippen molar-refractivity contribution in [2.75, 3.05) is 18.0 Å². The molecule has 0 bridgehead atoms. The maximum absolute atomic E-state index is 12.5. The second-order valence-corrected chi connectivity index (χ2v) is 8.12. The molecule has 0 unspecified atom stereocenters. The van der Waals surface area contributed by atoms with E-state index in [4.69, 9.17) is 5.14 Å². The molecule has 0 fully saturated rings. The highest BCUT2D eigenvalue weighted by Gasteiger charge is 2.19. The van der Waals surface area contributed by atoms with Crippen molar-refractivity contribution in [3.05, 3.63) is 59.7 Å². The predicted molar refractivity (Wildman–Crippen MR) is 101 cm³/mol. The van der Waals surface area contributed by atoms with E-state index in [1.165, 1.54) is 17.7 Å². The Hall–Kier alpha value is -2.38. The van der Waals surface area contributed by atoms with Crippen LogP contribution in [0.4, 0.5) is 5.69 Å². The van der Waals surface area contributed by atoms with Gasteiger partial charge in [0.05, 0.1) is 17.5 Å². The standard InChI is InChI=1S/C19H23N3O3S/c1-14(15-8-10-17(11-9-15)26(20,24)25)21-19(23)13-22-12-4-6-16-5-2-3-7-18(16)22/h2-3,5,7-11,14H,4,6,12-13H2,1H3,(H,21,23)(H2,20,24,25)/t14-/m1/s1. The number of carbonyl (C=O) groups excluding carboxylic acids is 1. The topological polar surface area (TPSA) is 92.5 Å². The molecule has 2 aromatic rings. The Labute approximate surface area is 154 Å². The summed E-state index contributed by atoms with van der Waals surface area (Å²) < 4.78 is 22.6. The average Bonchev–Trinajstić information content (AvgIpc) is 2.61. The van der Waals surface area contributed by atoms with Crippen LogP contribution in [0.15, 0.2) is 53.4 Å². The van der Waals surface area contributed by atoms with E-state index in [-0.39, 0.29) is 16.8 Å². The summed E-state index contributed by atoms with van der Waals surface area (Å²) in [6.45, 7) is 3.03. The molecule has 0 saturated carbocycles. The third-order valence-corrected chi connectivity index (χ3v) is 5.56. The summed E-state index contributed by atoms with van der Waals surface area (Å²) in [4.78, 5) is 14.6. The van der Waals surface area contributed by atoms with Crippen LogP contribution in [0.2, 0.25) is 0 Å². The van der Waals surface area contributed by atoms with Gasteiger partial charge in [-0.1, -0.05) is 30.3 Å². The second kappa shape index (κ2) is 7.47. The molecule has 0 saturated heterocycles. The summed E-state index contributed by atoms with van der Waals surface area (Å²) in [5, 5.41) is 8.07. The number of primary sulfonamides is 1. The summed E-state index contributed by atoms with van der Waals surface area (Å²) >= 11 is 0. The van der Waals surface area contributed by atoms with E-state index in [0.29, 0.717) is 6.54 Å². The molecular formula is C19H23N3O3S. The van der Waals surface area contributed by atoms with Gasteiger partial charge in [-0.15, -0.1) is 0 Å². The Morgan fingerprint density at radius 2 is 1.88 bits per heavy atom. The van der Waals surface area contributed by atoms with Crippen LogP contribution in [-0.4, -0.2) is 27.4 Å². The third kappa shape index (κ3) is 4.23. The lowest BCUT2D eigenvalue weighted by Gasteiger charge is -2.31. The van der Waals surface area contributed by atoms with E-state index in [0.717, 1.165) is 30.6 Å². The summed E-state index contributed by atoms with van der Waals surface area (Å²) in [5.74, 6) is -0.0651. The van der Waals surface area contributed by atoms with Crippen molar-refractivity contribution in [1.82, 2.24) is 5.32 Å². The molecule has 26 heavy (non-hydrogen) atoms. The highest BCUT2D eigenvalue weighted by molar-refractivity contribution is 7.89. The largest absolute Gasteiger partial charge is 0.362 e. The van der Waals surface area contributed by atoms with Crippen LogP contribution in [0, 0.1) is 0 Å². The monoisotopic (exact) mass is 373 g/mol. The van der Waals surface area contributed by atoms with E-state index < -0.39 is 10.0 Å². The minimum absolute atomic E-state index is 0.0599. The molecular weight excluding hydrogens is 350 g/mol. The number of nitrogens with zero attached hydrogens (tertiary/aromatic N) is 1. The molecule has 1 heterocycles. The Morgan fingerprint density at radius 3 is 2.58 bits per heavy atom. The summed E-state index contributed by atoms with van der Waals surface area (Å²) in [5.41, 5.74) is 3.22. The van der Waals surface area contributed by atoms with Crippen LogP contribution < -0.4 is 15.4 Å². The van der Waals surface area contributed by atoms with Crippen molar-refractivity contribution in [3.8, 4) is 0 Å². The van der Waals surface area contributed by atoms with Gasteiger partial charge in [0, 0.05) is 12.2 Å². The van der Waals surface area contributed by atoms with Crippen molar-refractivity contribution >= 4 is 21.6 Å². The molecule has 7 heteroatoms. The van der Waals surface area contributed by atoms with E-state index >= 15 is 0 Å². The van der Waals surface area contributed by atoms with Crippen molar-refractivity contribution in [2.45, 2.75) is 30.7 Å². The zero-order chi connectivity index (χ0) is 18.7. The van der Waals surface area contributed by atoms with Gasteiger partial charge < -0.3 is 10.2 Å². The number of sulfonamides is 1. The number of aryl methyl sites for hydroxylation is 1. The van der Waals surface area contributed by atoms with Crippen LogP contribution in [0.3, 0.4) is 0 Å².